The van der Waals surface area contributed by atoms with Crippen LogP contribution in [0.3, 0.4) is 0 Å². The summed E-state index contributed by atoms with van der Waals surface area (Å²) in [4.78, 5) is 19.2. The molecule has 0 bridgehead atoms. The van der Waals surface area contributed by atoms with Crippen molar-refractivity contribution in [3.8, 4) is 22.8 Å². The fourth-order valence-electron chi connectivity index (χ4n) is 2.80. The normalized spacial score (nSPS) is 12.2. The van der Waals surface area contributed by atoms with Crippen LogP contribution in [0.25, 0.3) is 22.8 Å². The van der Waals surface area contributed by atoms with E-state index in [1.807, 2.05) is 12.3 Å². The molecule has 0 saturated heterocycles. The van der Waals surface area contributed by atoms with Crippen molar-refractivity contribution in [1.82, 2.24) is 24.9 Å². The lowest BCUT2D eigenvalue weighted by Gasteiger charge is -2.09. The van der Waals surface area contributed by atoms with Crippen molar-refractivity contribution >= 4 is 11.6 Å². The first-order valence-corrected chi connectivity index (χ1v) is 8.36. The van der Waals surface area contributed by atoms with Gasteiger partial charge in [-0.3, -0.25) is 0 Å². The van der Waals surface area contributed by atoms with Crippen LogP contribution in [0.5, 0.6) is 0 Å². The Morgan fingerprint density at radius 1 is 1.08 bits per heavy atom. The molecule has 0 aliphatic heterocycles. The second-order valence-electron chi connectivity index (χ2n) is 5.83. The summed E-state index contributed by atoms with van der Waals surface area (Å²) < 4.78 is 0. The molecule has 0 amide bonds. The van der Waals surface area contributed by atoms with E-state index >= 15 is 0 Å². The van der Waals surface area contributed by atoms with Crippen molar-refractivity contribution in [2.24, 2.45) is 0 Å². The molecule has 3 aromatic heterocycles. The molecule has 4 aromatic rings. The molecule has 1 aromatic carbocycles. The molecular weight excluding hydrogens is 334 g/mol. The predicted octanol–water partition coefficient (Wildman–Crippen LogP) is 4.67. The van der Waals surface area contributed by atoms with E-state index in [4.69, 9.17) is 11.6 Å². The number of hydrogen-bond donors (Lipinski definition) is 2. The summed E-state index contributed by atoms with van der Waals surface area (Å²) in [5.41, 5.74) is 4.94. The van der Waals surface area contributed by atoms with Gasteiger partial charge in [0.05, 0.1) is 17.6 Å². The molecule has 0 aliphatic carbocycles. The maximum absolute atomic E-state index is 5.85. The molecule has 1 atom stereocenters. The number of nitrogens with one attached hydrogen (secondary N) is 2. The average Bonchev–Trinajstić information content (AvgIpc) is 3.31. The van der Waals surface area contributed by atoms with Crippen LogP contribution in [-0.4, -0.2) is 24.9 Å². The quantitative estimate of drug-likeness (QED) is 0.526. The number of halogens is 1. The Morgan fingerprint density at radius 2 is 1.92 bits per heavy atom. The first-order chi connectivity index (χ1) is 12.2. The van der Waals surface area contributed by atoms with E-state index in [1.54, 1.807) is 18.5 Å². The van der Waals surface area contributed by atoms with E-state index in [9.17, 15) is 0 Å². The van der Waals surface area contributed by atoms with Crippen molar-refractivity contribution in [1.29, 1.82) is 0 Å². The minimum Gasteiger partial charge on any atom is -0.364 e. The van der Waals surface area contributed by atoms with Gasteiger partial charge in [-0.25, -0.2) is 15.0 Å². The van der Waals surface area contributed by atoms with Gasteiger partial charge in [0.25, 0.3) is 0 Å². The first-order valence-electron chi connectivity index (χ1n) is 7.98. The number of nitrogens with zero attached hydrogens (tertiary/aromatic N) is 3. The molecule has 0 spiro atoms. The summed E-state index contributed by atoms with van der Waals surface area (Å²) in [5, 5.41) is 0.217. The van der Waals surface area contributed by atoms with E-state index in [2.05, 4.69) is 62.2 Å². The molecular formula is C19H16ClN5. The minimum absolute atomic E-state index is 0.217. The highest BCUT2D eigenvalue weighted by molar-refractivity contribution is 6.28. The number of imidazole rings is 1. The molecule has 25 heavy (non-hydrogen) atoms. The zero-order valence-corrected chi connectivity index (χ0v) is 14.3. The maximum atomic E-state index is 5.85. The van der Waals surface area contributed by atoms with Crippen LogP contribution in [0.4, 0.5) is 0 Å². The topological polar surface area (TPSA) is 70.2 Å². The smallest absolute Gasteiger partial charge is 0.222 e. The van der Waals surface area contributed by atoms with Crippen molar-refractivity contribution < 1.29 is 0 Å². The minimum atomic E-state index is 0.217. The molecule has 0 aliphatic rings. The van der Waals surface area contributed by atoms with Crippen molar-refractivity contribution in [2.75, 3.05) is 0 Å². The molecule has 1 unspecified atom stereocenters. The fraction of sp³-hybridized carbons (Fsp3) is 0.105. The van der Waals surface area contributed by atoms with Gasteiger partial charge in [-0.15, -0.1) is 0 Å². The fourth-order valence-corrected chi connectivity index (χ4v) is 2.95. The van der Waals surface area contributed by atoms with Crippen LogP contribution < -0.4 is 0 Å². The Bertz CT molecular complexity index is 990. The molecule has 0 radical (unpaired) electrons. The Balaban J connectivity index is 1.61. The Labute approximate surface area is 150 Å². The zero-order chi connectivity index (χ0) is 17.2. The number of aromatic nitrogens is 5. The summed E-state index contributed by atoms with van der Waals surface area (Å²) in [6.07, 6.45) is 5.34. The van der Waals surface area contributed by atoms with Gasteiger partial charge in [0, 0.05) is 29.6 Å². The molecule has 3 heterocycles. The third-order valence-electron chi connectivity index (χ3n) is 4.22. The molecule has 6 heteroatoms. The number of benzene rings is 1. The van der Waals surface area contributed by atoms with Gasteiger partial charge >= 0.3 is 0 Å². The van der Waals surface area contributed by atoms with Crippen molar-refractivity contribution in [2.45, 2.75) is 12.8 Å². The lowest BCUT2D eigenvalue weighted by Crippen LogP contribution is -1.95. The van der Waals surface area contributed by atoms with E-state index in [-0.39, 0.29) is 11.2 Å². The predicted molar refractivity (Wildman–Crippen MR) is 98.4 cm³/mol. The van der Waals surface area contributed by atoms with Gasteiger partial charge in [0.15, 0.2) is 0 Å². The molecule has 124 valence electrons. The standard InChI is InChI=1S/C19H16ClN5/c1-12(13-5-3-2-4-6-13)16-9-14(10-22-16)18-23-11-17(24-18)15-7-8-21-19(20)25-15/h2-12,22H,1H3,(H,23,24). The SMILES string of the molecule is CC(c1ccccc1)c1cc(-c2ncc(-c3ccnc(Cl)n3)[nH]2)c[nH]1. The van der Waals surface area contributed by atoms with Crippen molar-refractivity contribution in [3.05, 3.63) is 77.6 Å². The lowest BCUT2D eigenvalue weighted by molar-refractivity contribution is 0.884. The first kappa shape index (κ1) is 15.6. The summed E-state index contributed by atoms with van der Waals surface area (Å²) in [7, 11) is 0. The maximum Gasteiger partial charge on any atom is 0.222 e. The van der Waals surface area contributed by atoms with Gasteiger partial charge in [0.1, 0.15) is 5.82 Å². The molecule has 0 saturated carbocycles. The monoisotopic (exact) mass is 349 g/mol. The van der Waals surface area contributed by atoms with Gasteiger partial charge in [-0.2, -0.15) is 0 Å². The molecule has 0 fully saturated rings. The Morgan fingerprint density at radius 3 is 2.72 bits per heavy atom. The van der Waals surface area contributed by atoms with Crippen LogP contribution in [0.1, 0.15) is 24.1 Å². The second kappa shape index (κ2) is 6.53. The molecule has 2 N–H and O–H groups in total. The van der Waals surface area contributed by atoms with E-state index in [1.165, 1.54) is 5.56 Å². The van der Waals surface area contributed by atoms with Gasteiger partial charge in [-0.1, -0.05) is 37.3 Å². The highest BCUT2D eigenvalue weighted by Crippen LogP contribution is 2.27. The van der Waals surface area contributed by atoms with Crippen molar-refractivity contribution in [3.63, 3.8) is 0 Å². The van der Waals surface area contributed by atoms with Gasteiger partial charge < -0.3 is 9.97 Å². The van der Waals surface area contributed by atoms with Crippen LogP contribution >= 0.6 is 11.6 Å². The van der Waals surface area contributed by atoms with Crippen LogP contribution in [0, 0.1) is 0 Å². The van der Waals surface area contributed by atoms with Crippen LogP contribution in [0.15, 0.2) is 61.1 Å². The number of hydrogen-bond acceptors (Lipinski definition) is 3. The summed E-state index contributed by atoms with van der Waals surface area (Å²) in [5.74, 6) is 1.07. The average molecular weight is 350 g/mol. The summed E-state index contributed by atoms with van der Waals surface area (Å²) in [6.45, 7) is 2.18. The summed E-state index contributed by atoms with van der Waals surface area (Å²) >= 11 is 5.85. The second-order valence-corrected chi connectivity index (χ2v) is 6.17. The molecule has 5 nitrogen and oxygen atoms in total. The summed E-state index contributed by atoms with van der Waals surface area (Å²) in [6, 6.07) is 14.3. The third kappa shape index (κ3) is 3.19. The Kier molecular flexibility index (Phi) is 4.07. The largest absolute Gasteiger partial charge is 0.364 e. The Hall–Kier alpha value is -2.92. The number of aromatic amines is 2. The third-order valence-corrected chi connectivity index (χ3v) is 4.40. The van der Waals surface area contributed by atoms with E-state index in [0.717, 1.165) is 22.8 Å². The van der Waals surface area contributed by atoms with Crippen LogP contribution in [-0.2, 0) is 0 Å². The van der Waals surface area contributed by atoms with Gasteiger partial charge in [-0.05, 0) is 29.3 Å². The zero-order valence-electron chi connectivity index (χ0n) is 13.6. The van der Waals surface area contributed by atoms with E-state index in [0.29, 0.717) is 5.69 Å². The van der Waals surface area contributed by atoms with Gasteiger partial charge in [0.2, 0.25) is 5.28 Å². The lowest BCUT2D eigenvalue weighted by atomic mass is 9.98. The highest BCUT2D eigenvalue weighted by Gasteiger charge is 2.13. The number of H-pyrrole nitrogens is 2. The van der Waals surface area contributed by atoms with E-state index < -0.39 is 0 Å². The number of rotatable bonds is 4. The highest BCUT2D eigenvalue weighted by atomic mass is 35.5. The molecule has 4 rings (SSSR count). The van der Waals surface area contributed by atoms with Crippen LogP contribution in [0.2, 0.25) is 5.28 Å².